The molecule has 1 fully saturated rings. The number of carbonyl (C=O) groups excluding carboxylic acids is 1. The van der Waals surface area contributed by atoms with Crippen LogP contribution in [0.4, 0.5) is 0 Å². The first-order valence-electron chi connectivity index (χ1n) is 7.44. The van der Waals surface area contributed by atoms with E-state index < -0.39 is 10.0 Å². The summed E-state index contributed by atoms with van der Waals surface area (Å²) in [5, 5.41) is 2.76. The van der Waals surface area contributed by atoms with Crippen LogP contribution in [0.5, 0.6) is 0 Å². The van der Waals surface area contributed by atoms with E-state index in [1.807, 2.05) is 0 Å². The first-order chi connectivity index (χ1) is 10.4. The third-order valence-corrected chi connectivity index (χ3v) is 4.65. The summed E-state index contributed by atoms with van der Waals surface area (Å²) in [6.07, 6.45) is 1.67. The van der Waals surface area contributed by atoms with E-state index >= 15 is 0 Å². The van der Waals surface area contributed by atoms with Gasteiger partial charge in [-0.3, -0.25) is 9.69 Å². The van der Waals surface area contributed by atoms with Crippen LogP contribution in [0.1, 0.15) is 6.42 Å². The monoisotopic (exact) mass is 337 g/mol. The van der Waals surface area contributed by atoms with Crippen molar-refractivity contribution in [2.24, 2.45) is 0 Å². The van der Waals surface area contributed by atoms with E-state index in [9.17, 15) is 13.2 Å². The lowest BCUT2D eigenvalue weighted by atomic mass is 10.4. The highest BCUT2D eigenvalue weighted by Crippen LogP contribution is 2.00. The summed E-state index contributed by atoms with van der Waals surface area (Å²) in [6.45, 7) is 5.02. The molecular weight excluding hydrogens is 310 g/mol. The number of nitrogens with one attached hydrogen (secondary N) is 1. The van der Waals surface area contributed by atoms with Gasteiger partial charge in [-0.25, -0.2) is 8.42 Å². The molecule has 1 N–H and O–H groups in total. The molecule has 1 aliphatic heterocycles. The fourth-order valence-corrected chi connectivity index (χ4v) is 2.95. The first-order valence-corrected chi connectivity index (χ1v) is 9.29. The Morgan fingerprint density at radius 3 is 2.64 bits per heavy atom. The average Bonchev–Trinajstić information content (AvgIpc) is 2.46. The molecule has 0 aromatic carbocycles. The van der Waals surface area contributed by atoms with Crippen molar-refractivity contribution in [3.8, 4) is 0 Å². The molecule has 0 bridgehead atoms. The largest absolute Gasteiger partial charge is 0.385 e. The van der Waals surface area contributed by atoms with Crippen LogP contribution in [0.2, 0.25) is 0 Å². The molecule has 130 valence electrons. The molecule has 1 heterocycles. The van der Waals surface area contributed by atoms with Crippen molar-refractivity contribution in [1.82, 2.24) is 14.5 Å². The Labute approximate surface area is 132 Å². The highest BCUT2D eigenvalue weighted by molar-refractivity contribution is 7.88. The molecule has 8 nitrogen and oxygen atoms in total. The second kappa shape index (κ2) is 10.1. The van der Waals surface area contributed by atoms with Crippen LogP contribution in [0.15, 0.2) is 0 Å². The molecule has 0 saturated carbocycles. The van der Waals surface area contributed by atoms with Crippen LogP contribution in [-0.2, 0) is 24.3 Å². The van der Waals surface area contributed by atoms with Crippen molar-refractivity contribution in [3.63, 3.8) is 0 Å². The van der Waals surface area contributed by atoms with E-state index in [1.165, 1.54) is 4.31 Å². The Morgan fingerprint density at radius 1 is 1.36 bits per heavy atom. The van der Waals surface area contributed by atoms with Crippen molar-refractivity contribution in [1.29, 1.82) is 0 Å². The molecule has 0 aromatic heterocycles. The summed E-state index contributed by atoms with van der Waals surface area (Å²) in [4.78, 5) is 14.1. The van der Waals surface area contributed by atoms with Gasteiger partial charge >= 0.3 is 0 Å². The normalized spacial score (nSPS) is 16.9. The third-order valence-electron chi connectivity index (χ3n) is 3.40. The molecule has 1 aliphatic rings. The third kappa shape index (κ3) is 8.04. The summed E-state index contributed by atoms with van der Waals surface area (Å²) in [6, 6.07) is 0. The lowest BCUT2D eigenvalue weighted by Crippen LogP contribution is -2.44. The van der Waals surface area contributed by atoms with E-state index in [0.29, 0.717) is 19.6 Å². The predicted molar refractivity (Wildman–Crippen MR) is 83.2 cm³/mol. The van der Waals surface area contributed by atoms with Crippen molar-refractivity contribution < 1.29 is 22.7 Å². The summed E-state index contributed by atoms with van der Waals surface area (Å²) in [7, 11) is -1.84. The second-order valence-corrected chi connectivity index (χ2v) is 7.23. The zero-order valence-corrected chi connectivity index (χ0v) is 14.2. The van der Waals surface area contributed by atoms with Gasteiger partial charge in [0, 0.05) is 46.4 Å². The maximum Gasteiger partial charge on any atom is 0.235 e. The Kier molecular flexibility index (Phi) is 8.88. The van der Waals surface area contributed by atoms with Gasteiger partial charge in [-0.05, 0) is 6.42 Å². The summed E-state index contributed by atoms with van der Waals surface area (Å²) in [5.74, 6) is -0.281. The number of morpholine rings is 1. The molecule has 0 spiro atoms. The van der Waals surface area contributed by atoms with E-state index in [2.05, 4.69) is 10.2 Å². The van der Waals surface area contributed by atoms with Crippen molar-refractivity contribution >= 4 is 15.9 Å². The van der Waals surface area contributed by atoms with E-state index in [1.54, 1.807) is 7.11 Å². The Bertz CT molecular complexity index is 423. The number of amides is 1. The minimum absolute atomic E-state index is 0.147. The number of sulfonamides is 1. The van der Waals surface area contributed by atoms with Crippen molar-refractivity contribution in [2.75, 3.05) is 72.5 Å². The predicted octanol–water partition coefficient (Wildman–Crippen LogP) is -1.27. The molecule has 0 radical (unpaired) electrons. The van der Waals surface area contributed by atoms with Crippen LogP contribution in [0.25, 0.3) is 0 Å². The van der Waals surface area contributed by atoms with Gasteiger partial charge in [-0.2, -0.15) is 4.31 Å². The molecule has 0 unspecified atom stereocenters. The number of rotatable bonds is 10. The van der Waals surface area contributed by atoms with Crippen LogP contribution in [-0.4, -0.2) is 96.0 Å². The molecular formula is C13H27N3O5S. The Hall–Kier alpha value is -0.740. The van der Waals surface area contributed by atoms with Crippen LogP contribution < -0.4 is 5.32 Å². The maximum atomic E-state index is 11.9. The van der Waals surface area contributed by atoms with Crippen molar-refractivity contribution in [3.05, 3.63) is 0 Å². The van der Waals surface area contributed by atoms with Crippen LogP contribution in [0.3, 0.4) is 0 Å². The zero-order chi connectivity index (χ0) is 16.4. The van der Waals surface area contributed by atoms with Gasteiger partial charge in [0.2, 0.25) is 15.9 Å². The number of hydrogen-bond acceptors (Lipinski definition) is 6. The highest BCUT2D eigenvalue weighted by Gasteiger charge is 2.19. The van der Waals surface area contributed by atoms with Crippen LogP contribution in [0, 0.1) is 0 Å². The smallest absolute Gasteiger partial charge is 0.235 e. The molecule has 0 aliphatic carbocycles. The minimum Gasteiger partial charge on any atom is -0.385 e. The number of hydrogen-bond donors (Lipinski definition) is 1. The standard InChI is InChI=1S/C13H27N3O5S/c1-20-9-3-5-16(22(2,18)19)12-13(17)14-4-6-15-7-10-21-11-8-15/h3-12H2,1-2H3,(H,14,17). The molecule has 22 heavy (non-hydrogen) atoms. The Balaban J connectivity index is 2.29. The highest BCUT2D eigenvalue weighted by atomic mass is 32.2. The molecule has 1 saturated heterocycles. The van der Waals surface area contributed by atoms with Gasteiger partial charge in [0.1, 0.15) is 0 Å². The summed E-state index contributed by atoms with van der Waals surface area (Å²) >= 11 is 0. The van der Waals surface area contributed by atoms with E-state index in [-0.39, 0.29) is 19.0 Å². The number of methoxy groups -OCH3 is 1. The molecule has 0 aromatic rings. The molecule has 1 rings (SSSR count). The average molecular weight is 337 g/mol. The van der Waals surface area contributed by atoms with E-state index in [0.717, 1.165) is 39.1 Å². The second-order valence-electron chi connectivity index (χ2n) is 5.25. The zero-order valence-electron chi connectivity index (χ0n) is 13.4. The van der Waals surface area contributed by atoms with Gasteiger partial charge in [0.15, 0.2) is 0 Å². The topological polar surface area (TPSA) is 88.2 Å². The maximum absolute atomic E-state index is 11.9. The SMILES string of the molecule is COCCCN(CC(=O)NCCN1CCOCC1)S(C)(=O)=O. The molecule has 9 heteroatoms. The summed E-state index contributed by atoms with van der Waals surface area (Å²) in [5.41, 5.74) is 0. The first kappa shape index (κ1) is 19.3. The van der Waals surface area contributed by atoms with Gasteiger partial charge in [0.25, 0.3) is 0 Å². The van der Waals surface area contributed by atoms with Gasteiger partial charge < -0.3 is 14.8 Å². The fraction of sp³-hybridized carbons (Fsp3) is 0.923. The van der Waals surface area contributed by atoms with Gasteiger partial charge in [0.05, 0.1) is 26.0 Å². The minimum atomic E-state index is -3.40. The quantitative estimate of drug-likeness (QED) is 0.500. The lowest BCUT2D eigenvalue weighted by Gasteiger charge is -2.26. The van der Waals surface area contributed by atoms with E-state index in [4.69, 9.17) is 9.47 Å². The Morgan fingerprint density at radius 2 is 2.05 bits per heavy atom. The number of carbonyl (C=O) groups is 1. The molecule has 1 amide bonds. The van der Waals surface area contributed by atoms with Crippen LogP contribution >= 0.6 is 0 Å². The van der Waals surface area contributed by atoms with Gasteiger partial charge in [-0.1, -0.05) is 0 Å². The fourth-order valence-electron chi connectivity index (χ4n) is 2.14. The van der Waals surface area contributed by atoms with Crippen molar-refractivity contribution in [2.45, 2.75) is 6.42 Å². The number of ether oxygens (including phenoxy) is 2. The summed E-state index contributed by atoms with van der Waals surface area (Å²) < 4.78 is 34.7. The number of nitrogens with zero attached hydrogens (tertiary/aromatic N) is 2. The van der Waals surface area contributed by atoms with Gasteiger partial charge in [-0.15, -0.1) is 0 Å². The molecule has 0 atom stereocenters. The lowest BCUT2D eigenvalue weighted by molar-refractivity contribution is -0.121.